The quantitative estimate of drug-likeness (QED) is 0.332. The van der Waals surface area contributed by atoms with E-state index in [1.165, 1.54) is 36.4 Å². The van der Waals surface area contributed by atoms with Crippen molar-refractivity contribution in [2.45, 2.75) is 19.8 Å². The van der Waals surface area contributed by atoms with Crippen LogP contribution in [-0.2, 0) is 0 Å². The van der Waals surface area contributed by atoms with E-state index in [4.69, 9.17) is 9.72 Å². The van der Waals surface area contributed by atoms with Crippen LogP contribution in [0.5, 0.6) is 5.75 Å². The molecule has 4 aromatic rings. The Balaban J connectivity index is 1.24. The zero-order chi connectivity index (χ0) is 22.5. The summed E-state index contributed by atoms with van der Waals surface area (Å²) in [6, 6.07) is 22.7. The van der Waals surface area contributed by atoms with Crippen LogP contribution in [0.15, 0.2) is 72.9 Å². The van der Waals surface area contributed by atoms with Gasteiger partial charge in [0.2, 0.25) is 5.95 Å². The summed E-state index contributed by atoms with van der Waals surface area (Å²) in [6.07, 6.45) is 4.50. The van der Waals surface area contributed by atoms with E-state index in [0.717, 1.165) is 40.7 Å². The Bertz CT molecular complexity index is 1180. The minimum atomic E-state index is 0.591. The molecule has 0 saturated carbocycles. The van der Waals surface area contributed by atoms with Crippen LogP contribution in [-0.4, -0.2) is 41.1 Å². The highest BCUT2D eigenvalue weighted by molar-refractivity contribution is 7.18. The molecule has 1 N–H and O–H groups in total. The van der Waals surface area contributed by atoms with Crippen LogP contribution in [0.25, 0.3) is 21.0 Å². The molecule has 0 radical (unpaired) electrons. The van der Waals surface area contributed by atoms with Crippen molar-refractivity contribution in [1.82, 2.24) is 14.9 Å². The Kier molecular flexibility index (Phi) is 6.65. The van der Waals surface area contributed by atoms with E-state index >= 15 is 0 Å². The number of hydrogen-bond acceptors (Lipinski definition) is 6. The lowest BCUT2D eigenvalue weighted by atomic mass is 10.2. The molecule has 5 rings (SSSR count). The van der Waals surface area contributed by atoms with Gasteiger partial charge in [0.1, 0.15) is 12.4 Å². The zero-order valence-electron chi connectivity index (χ0n) is 18.8. The van der Waals surface area contributed by atoms with E-state index in [1.807, 2.05) is 36.5 Å². The molecule has 2 aromatic heterocycles. The fourth-order valence-electron chi connectivity index (χ4n) is 4.04. The van der Waals surface area contributed by atoms with Gasteiger partial charge in [0.05, 0.1) is 10.6 Å². The number of nitrogens with one attached hydrogen (secondary N) is 1. The number of hydrogen-bond donors (Lipinski definition) is 1. The first-order valence-corrected chi connectivity index (χ1v) is 12.3. The highest BCUT2D eigenvalue weighted by Crippen LogP contribution is 2.35. The number of likely N-dealkylation sites (tertiary alicyclic amines) is 1. The second-order valence-electron chi connectivity index (χ2n) is 8.30. The summed E-state index contributed by atoms with van der Waals surface area (Å²) in [4.78, 5) is 14.1. The smallest absolute Gasteiger partial charge is 0.227 e. The summed E-state index contributed by atoms with van der Waals surface area (Å²) in [6.45, 7) is 6.17. The molecule has 1 saturated heterocycles. The molecule has 168 valence electrons. The Labute approximate surface area is 199 Å². The highest BCUT2D eigenvalue weighted by Gasteiger charge is 2.12. The van der Waals surface area contributed by atoms with E-state index in [1.54, 1.807) is 11.3 Å². The monoisotopic (exact) mass is 456 g/mol. The predicted octanol–water partition coefficient (Wildman–Crippen LogP) is 6.40. The number of aryl methyl sites for hydroxylation is 1. The van der Waals surface area contributed by atoms with Gasteiger partial charge in [0, 0.05) is 23.3 Å². The maximum absolute atomic E-state index is 5.91. The summed E-state index contributed by atoms with van der Waals surface area (Å²) in [7, 11) is 0. The summed E-state index contributed by atoms with van der Waals surface area (Å²) in [5, 5.41) is 3.33. The molecule has 0 aliphatic carbocycles. The molecule has 0 unspecified atom stereocenters. The lowest BCUT2D eigenvalue weighted by molar-refractivity contribution is 0.238. The van der Waals surface area contributed by atoms with E-state index in [-0.39, 0.29) is 0 Å². The minimum absolute atomic E-state index is 0.591. The standard InChI is InChI=1S/C27H28N4OS/c1-20-19-28-27(30-26(20)25-14-13-24(33-25)21-7-3-2-4-8-21)29-22-9-11-23(12-10-22)32-18-17-31-15-5-6-16-31/h2-4,7-14,19H,5-6,15-18H2,1H3,(H,28,29,30). The van der Waals surface area contributed by atoms with Gasteiger partial charge < -0.3 is 10.1 Å². The molecular formula is C27H28N4OS. The Morgan fingerprint density at radius 1 is 0.939 bits per heavy atom. The normalized spacial score (nSPS) is 13.8. The Morgan fingerprint density at radius 2 is 1.70 bits per heavy atom. The van der Waals surface area contributed by atoms with Crippen molar-refractivity contribution >= 4 is 23.0 Å². The van der Waals surface area contributed by atoms with Crippen molar-refractivity contribution < 1.29 is 4.74 Å². The van der Waals surface area contributed by atoms with Crippen LogP contribution in [0.4, 0.5) is 11.6 Å². The van der Waals surface area contributed by atoms with Gasteiger partial charge in [0.15, 0.2) is 0 Å². The number of aromatic nitrogens is 2. The summed E-state index contributed by atoms with van der Waals surface area (Å²) < 4.78 is 5.91. The Hall–Kier alpha value is -3.22. The minimum Gasteiger partial charge on any atom is -0.492 e. The fourth-order valence-corrected chi connectivity index (χ4v) is 5.10. The lowest BCUT2D eigenvalue weighted by Gasteiger charge is -2.15. The van der Waals surface area contributed by atoms with Gasteiger partial charge in [-0.2, -0.15) is 0 Å². The fraction of sp³-hybridized carbons (Fsp3) is 0.259. The van der Waals surface area contributed by atoms with Crippen molar-refractivity contribution in [3.8, 4) is 26.8 Å². The SMILES string of the molecule is Cc1cnc(Nc2ccc(OCCN3CCCC3)cc2)nc1-c1ccc(-c2ccccc2)s1. The molecule has 33 heavy (non-hydrogen) atoms. The van der Waals surface area contributed by atoms with Crippen molar-refractivity contribution in [1.29, 1.82) is 0 Å². The third-order valence-corrected chi connectivity index (χ3v) is 7.00. The number of benzene rings is 2. The lowest BCUT2D eigenvalue weighted by Crippen LogP contribution is -2.25. The van der Waals surface area contributed by atoms with Gasteiger partial charge in [-0.15, -0.1) is 11.3 Å². The first kappa shape index (κ1) is 21.6. The van der Waals surface area contributed by atoms with Crippen LogP contribution >= 0.6 is 11.3 Å². The molecular weight excluding hydrogens is 428 g/mol. The molecule has 5 nitrogen and oxygen atoms in total. The number of nitrogens with zero attached hydrogens (tertiary/aromatic N) is 3. The average molecular weight is 457 g/mol. The topological polar surface area (TPSA) is 50.3 Å². The molecule has 1 fully saturated rings. The van der Waals surface area contributed by atoms with Gasteiger partial charge in [-0.05, 0) is 80.4 Å². The van der Waals surface area contributed by atoms with Crippen LogP contribution in [0.2, 0.25) is 0 Å². The van der Waals surface area contributed by atoms with E-state index in [0.29, 0.717) is 5.95 Å². The molecule has 0 bridgehead atoms. The first-order valence-electron chi connectivity index (χ1n) is 11.5. The van der Waals surface area contributed by atoms with Gasteiger partial charge in [-0.25, -0.2) is 9.97 Å². The molecule has 3 heterocycles. The molecule has 1 aliphatic rings. The van der Waals surface area contributed by atoms with Crippen molar-refractivity contribution in [2.75, 3.05) is 31.6 Å². The molecule has 1 aliphatic heterocycles. The number of ether oxygens (including phenoxy) is 1. The average Bonchev–Trinajstić information content (AvgIpc) is 3.55. The number of thiophene rings is 1. The maximum Gasteiger partial charge on any atom is 0.227 e. The van der Waals surface area contributed by atoms with Crippen LogP contribution in [0.3, 0.4) is 0 Å². The summed E-state index contributed by atoms with van der Waals surface area (Å²) >= 11 is 1.75. The van der Waals surface area contributed by atoms with Crippen LogP contribution in [0, 0.1) is 6.92 Å². The molecule has 0 spiro atoms. The Morgan fingerprint density at radius 3 is 2.48 bits per heavy atom. The van der Waals surface area contributed by atoms with E-state index in [9.17, 15) is 0 Å². The third kappa shape index (κ3) is 5.41. The van der Waals surface area contributed by atoms with E-state index < -0.39 is 0 Å². The highest BCUT2D eigenvalue weighted by atomic mass is 32.1. The maximum atomic E-state index is 5.91. The first-order chi connectivity index (χ1) is 16.2. The van der Waals surface area contributed by atoms with Gasteiger partial charge in [0.25, 0.3) is 0 Å². The van der Waals surface area contributed by atoms with E-state index in [2.05, 4.69) is 58.5 Å². The van der Waals surface area contributed by atoms with Gasteiger partial charge in [-0.3, -0.25) is 4.90 Å². The molecule has 6 heteroatoms. The van der Waals surface area contributed by atoms with Crippen LogP contribution in [0.1, 0.15) is 18.4 Å². The van der Waals surface area contributed by atoms with Crippen LogP contribution < -0.4 is 10.1 Å². The number of rotatable bonds is 8. The van der Waals surface area contributed by atoms with Gasteiger partial charge >= 0.3 is 0 Å². The van der Waals surface area contributed by atoms with Gasteiger partial charge in [-0.1, -0.05) is 30.3 Å². The molecule has 0 amide bonds. The summed E-state index contributed by atoms with van der Waals surface area (Å²) in [5.74, 6) is 1.48. The predicted molar refractivity (Wildman–Crippen MR) is 136 cm³/mol. The van der Waals surface area contributed by atoms with Crippen molar-refractivity contribution in [2.24, 2.45) is 0 Å². The zero-order valence-corrected chi connectivity index (χ0v) is 19.6. The molecule has 2 aromatic carbocycles. The van der Waals surface area contributed by atoms with Crippen molar-refractivity contribution in [3.63, 3.8) is 0 Å². The summed E-state index contributed by atoms with van der Waals surface area (Å²) in [5.41, 5.74) is 4.18. The second-order valence-corrected chi connectivity index (χ2v) is 9.39. The third-order valence-electron chi connectivity index (χ3n) is 5.85. The molecule has 0 atom stereocenters. The second kappa shape index (κ2) is 10.1. The van der Waals surface area contributed by atoms with Crippen molar-refractivity contribution in [3.05, 3.63) is 78.5 Å². The number of anilines is 2. The largest absolute Gasteiger partial charge is 0.492 e.